The van der Waals surface area contributed by atoms with Gasteiger partial charge in [-0.25, -0.2) is 0 Å². The van der Waals surface area contributed by atoms with Crippen LogP contribution in [0.3, 0.4) is 0 Å². The molecule has 0 saturated heterocycles. The molecule has 2 aromatic carbocycles. The van der Waals surface area contributed by atoms with Gasteiger partial charge in [-0.1, -0.05) is 44.4 Å². The van der Waals surface area contributed by atoms with E-state index < -0.39 is 0 Å². The Morgan fingerprint density at radius 2 is 1.76 bits per heavy atom. The molecule has 29 heavy (non-hydrogen) atoms. The maximum Gasteiger partial charge on any atom is 0.202 e. The summed E-state index contributed by atoms with van der Waals surface area (Å²) in [4.78, 5) is 15.7. The van der Waals surface area contributed by atoms with E-state index in [1.807, 2.05) is 31.2 Å². The third-order valence-electron chi connectivity index (χ3n) is 5.33. The van der Waals surface area contributed by atoms with Crippen LogP contribution in [0.25, 0.3) is 21.9 Å². The van der Waals surface area contributed by atoms with Gasteiger partial charge in [0.2, 0.25) is 5.43 Å². The van der Waals surface area contributed by atoms with Crippen LogP contribution in [-0.4, -0.2) is 31.1 Å². The Hall–Kier alpha value is -2.04. The van der Waals surface area contributed by atoms with Crippen molar-refractivity contribution in [3.05, 3.63) is 51.1 Å². The summed E-state index contributed by atoms with van der Waals surface area (Å²) in [7, 11) is 0. The second-order valence-corrected chi connectivity index (χ2v) is 8.11. The van der Waals surface area contributed by atoms with Gasteiger partial charge in [-0.05, 0) is 62.7 Å². The van der Waals surface area contributed by atoms with Gasteiger partial charge in [0, 0.05) is 18.8 Å². The molecule has 1 N–H and O–H groups in total. The quantitative estimate of drug-likeness (QED) is 0.400. The summed E-state index contributed by atoms with van der Waals surface area (Å²) in [6, 6.07) is 9.32. The first-order valence-electron chi connectivity index (χ1n) is 10.7. The van der Waals surface area contributed by atoms with Gasteiger partial charge in [0.15, 0.2) is 5.58 Å². The maximum absolute atomic E-state index is 13.2. The summed E-state index contributed by atoms with van der Waals surface area (Å²) in [5, 5.41) is 5.03. The lowest BCUT2D eigenvalue weighted by atomic mass is 10.1. The third kappa shape index (κ3) is 5.12. The fourth-order valence-corrected chi connectivity index (χ4v) is 3.82. The number of nitrogens with zero attached hydrogens (tertiary/aromatic N) is 1. The van der Waals surface area contributed by atoms with Gasteiger partial charge in [-0.3, -0.25) is 4.79 Å². The predicted octanol–water partition coefficient (Wildman–Crippen LogP) is 6.22. The third-order valence-corrected chi connectivity index (χ3v) is 5.63. The van der Waals surface area contributed by atoms with Gasteiger partial charge in [0.25, 0.3) is 0 Å². The van der Waals surface area contributed by atoms with Crippen LogP contribution in [0.5, 0.6) is 0 Å². The van der Waals surface area contributed by atoms with Crippen LogP contribution >= 0.6 is 11.6 Å². The number of benzene rings is 2. The highest BCUT2D eigenvalue weighted by molar-refractivity contribution is 6.35. The van der Waals surface area contributed by atoms with Crippen molar-refractivity contribution >= 4 is 39.2 Å². The normalized spacial score (nSPS) is 11.6. The standard InChI is InChI=1S/C24H31ClN2O2/c1-4-6-13-27(14-7-5-2)15-12-26-20-11-10-19(25)24-22(20)23(28)18-9-8-17(3)16-21(18)29-24/h8-11,16,26H,4-7,12-15H2,1-3H3. The molecule has 0 fully saturated rings. The summed E-state index contributed by atoms with van der Waals surface area (Å²) in [5.41, 5.74) is 2.82. The topological polar surface area (TPSA) is 45.5 Å². The van der Waals surface area contributed by atoms with Crippen LogP contribution in [0.15, 0.2) is 39.5 Å². The van der Waals surface area contributed by atoms with E-state index in [1.54, 1.807) is 6.07 Å². The summed E-state index contributed by atoms with van der Waals surface area (Å²) in [5.74, 6) is 0. The molecule has 0 unspecified atom stereocenters. The molecule has 3 rings (SSSR count). The molecule has 0 aliphatic carbocycles. The Morgan fingerprint density at radius 1 is 1.03 bits per heavy atom. The SMILES string of the molecule is CCCCN(CCCC)CCNc1ccc(Cl)c2oc3cc(C)ccc3c(=O)c12. The van der Waals surface area contributed by atoms with Crippen molar-refractivity contribution in [2.24, 2.45) is 0 Å². The number of unbranched alkanes of at least 4 members (excludes halogenated alkanes) is 2. The van der Waals surface area contributed by atoms with Crippen molar-refractivity contribution in [1.82, 2.24) is 4.90 Å². The van der Waals surface area contributed by atoms with E-state index >= 15 is 0 Å². The van der Waals surface area contributed by atoms with Gasteiger partial charge >= 0.3 is 0 Å². The van der Waals surface area contributed by atoms with Crippen LogP contribution in [0.2, 0.25) is 5.02 Å². The van der Waals surface area contributed by atoms with Crippen molar-refractivity contribution in [2.75, 3.05) is 31.5 Å². The Kier molecular flexibility index (Phi) is 7.57. The molecular weight excluding hydrogens is 384 g/mol. The summed E-state index contributed by atoms with van der Waals surface area (Å²) >= 11 is 6.37. The summed E-state index contributed by atoms with van der Waals surface area (Å²) in [6.07, 6.45) is 4.82. The van der Waals surface area contributed by atoms with Crippen LogP contribution in [-0.2, 0) is 0 Å². The number of fused-ring (bicyclic) bond motifs is 2. The average Bonchev–Trinajstić information content (AvgIpc) is 2.71. The zero-order chi connectivity index (χ0) is 20.8. The molecule has 0 saturated carbocycles. The van der Waals surface area contributed by atoms with Crippen LogP contribution in [0.1, 0.15) is 45.1 Å². The Bertz CT molecular complexity index is 1020. The molecule has 0 aliphatic rings. The minimum atomic E-state index is -0.0416. The van der Waals surface area contributed by atoms with E-state index in [1.165, 1.54) is 25.7 Å². The number of anilines is 1. The molecular formula is C24H31ClN2O2. The van der Waals surface area contributed by atoms with E-state index in [0.29, 0.717) is 27.0 Å². The number of halogens is 1. The number of hydrogen-bond donors (Lipinski definition) is 1. The molecule has 0 bridgehead atoms. The first-order valence-corrected chi connectivity index (χ1v) is 11.0. The highest BCUT2D eigenvalue weighted by atomic mass is 35.5. The first kappa shape index (κ1) is 21.7. The van der Waals surface area contributed by atoms with E-state index in [0.717, 1.165) is 37.4 Å². The van der Waals surface area contributed by atoms with Gasteiger partial charge in [-0.15, -0.1) is 0 Å². The zero-order valence-corrected chi connectivity index (χ0v) is 18.4. The summed E-state index contributed by atoms with van der Waals surface area (Å²) in [6.45, 7) is 10.4. The largest absolute Gasteiger partial charge is 0.454 e. The minimum absolute atomic E-state index is 0.0416. The minimum Gasteiger partial charge on any atom is -0.454 e. The number of rotatable bonds is 10. The second-order valence-electron chi connectivity index (χ2n) is 7.71. The van der Waals surface area contributed by atoms with Crippen molar-refractivity contribution in [1.29, 1.82) is 0 Å². The molecule has 5 heteroatoms. The summed E-state index contributed by atoms with van der Waals surface area (Å²) < 4.78 is 6.03. The average molecular weight is 415 g/mol. The molecule has 0 amide bonds. The molecule has 0 radical (unpaired) electrons. The van der Waals surface area contributed by atoms with Crippen molar-refractivity contribution < 1.29 is 4.42 Å². The van der Waals surface area contributed by atoms with Crippen LogP contribution in [0.4, 0.5) is 5.69 Å². The molecule has 0 atom stereocenters. The zero-order valence-electron chi connectivity index (χ0n) is 17.7. The fourth-order valence-electron chi connectivity index (χ4n) is 3.62. The number of hydrogen-bond acceptors (Lipinski definition) is 4. The van der Waals surface area contributed by atoms with E-state index in [9.17, 15) is 4.79 Å². The molecule has 4 nitrogen and oxygen atoms in total. The fraction of sp³-hybridized carbons (Fsp3) is 0.458. The molecule has 156 valence electrons. The van der Waals surface area contributed by atoms with Gasteiger partial charge in [-0.2, -0.15) is 0 Å². The first-order chi connectivity index (χ1) is 14.0. The van der Waals surface area contributed by atoms with Gasteiger partial charge in [0.1, 0.15) is 5.58 Å². The molecule has 1 aromatic heterocycles. The molecule has 3 aromatic rings. The van der Waals surface area contributed by atoms with Crippen molar-refractivity contribution in [3.8, 4) is 0 Å². The van der Waals surface area contributed by atoms with Crippen molar-refractivity contribution in [3.63, 3.8) is 0 Å². The predicted molar refractivity (Wildman–Crippen MR) is 124 cm³/mol. The lowest BCUT2D eigenvalue weighted by molar-refractivity contribution is 0.275. The number of aryl methyl sites for hydroxylation is 1. The lowest BCUT2D eigenvalue weighted by Gasteiger charge is -2.22. The molecule has 0 aliphatic heterocycles. The van der Waals surface area contributed by atoms with E-state index in [2.05, 4.69) is 24.1 Å². The molecule has 1 heterocycles. The Labute approximate surface area is 177 Å². The Balaban J connectivity index is 1.86. The van der Waals surface area contributed by atoms with Gasteiger partial charge < -0.3 is 14.6 Å². The lowest BCUT2D eigenvalue weighted by Crippen LogP contribution is -2.31. The van der Waals surface area contributed by atoms with E-state index in [-0.39, 0.29) is 5.43 Å². The van der Waals surface area contributed by atoms with Gasteiger partial charge in [0.05, 0.1) is 15.8 Å². The van der Waals surface area contributed by atoms with E-state index in [4.69, 9.17) is 16.0 Å². The smallest absolute Gasteiger partial charge is 0.202 e. The second kappa shape index (κ2) is 10.1. The highest BCUT2D eigenvalue weighted by Gasteiger charge is 2.15. The number of nitrogens with one attached hydrogen (secondary N) is 1. The maximum atomic E-state index is 13.2. The highest BCUT2D eigenvalue weighted by Crippen LogP contribution is 2.30. The monoisotopic (exact) mass is 414 g/mol. The van der Waals surface area contributed by atoms with Crippen LogP contribution < -0.4 is 10.7 Å². The molecule has 0 spiro atoms. The Morgan fingerprint density at radius 3 is 2.45 bits per heavy atom. The van der Waals surface area contributed by atoms with Crippen LogP contribution in [0, 0.1) is 6.92 Å². The van der Waals surface area contributed by atoms with Crippen molar-refractivity contribution in [2.45, 2.75) is 46.5 Å².